The van der Waals surface area contributed by atoms with Crippen LogP contribution in [0, 0.1) is 0 Å². The molecule has 4 N–H and O–H groups in total. The van der Waals surface area contributed by atoms with Crippen LogP contribution in [0.5, 0.6) is 0 Å². The summed E-state index contributed by atoms with van der Waals surface area (Å²) in [5.41, 5.74) is 9.39. The number of aromatic nitrogens is 7. The van der Waals surface area contributed by atoms with Crippen LogP contribution in [0.3, 0.4) is 0 Å². The number of nitrogens with zero attached hydrogens (tertiary/aromatic N) is 7. The Balaban J connectivity index is 1.39. The highest BCUT2D eigenvalue weighted by molar-refractivity contribution is 6.00. The molecule has 4 aromatic rings. The van der Waals surface area contributed by atoms with Gasteiger partial charge in [-0.2, -0.15) is 25.0 Å². The molecule has 4 aromatic heterocycles. The summed E-state index contributed by atoms with van der Waals surface area (Å²) in [4.78, 5) is 37.2. The molecule has 0 saturated carbocycles. The van der Waals surface area contributed by atoms with E-state index in [0.717, 1.165) is 24.0 Å². The number of H-pyrrole nitrogens is 1. The molecule has 0 radical (unpaired) electrons. The second-order valence-electron chi connectivity index (χ2n) is 10.7. The summed E-state index contributed by atoms with van der Waals surface area (Å²) in [5.74, 6) is -0.0927. The number of Topliss-reactive ketones (excluding diaryl/α,β-unsaturated/α-hetero) is 1. The summed E-state index contributed by atoms with van der Waals surface area (Å²) < 4.78 is 1.50. The molecule has 1 amide bonds. The predicted molar refractivity (Wildman–Crippen MR) is 137 cm³/mol. The van der Waals surface area contributed by atoms with Crippen LogP contribution in [0.25, 0.3) is 16.8 Å². The smallest absolute Gasteiger partial charge is 0.276 e. The van der Waals surface area contributed by atoms with Crippen LogP contribution in [-0.2, 0) is 5.60 Å². The number of rotatable bonds is 5. The van der Waals surface area contributed by atoms with E-state index in [9.17, 15) is 14.7 Å². The number of aromatic amines is 1. The van der Waals surface area contributed by atoms with Crippen molar-refractivity contribution in [3.05, 3.63) is 53.4 Å². The molecule has 12 heteroatoms. The number of nitrogens with one attached hydrogen (secondary N) is 1. The molecule has 2 saturated heterocycles. The van der Waals surface area contributed by atoms with Crippen LogP contribution in [-0.4, -0.2) is 68.8 Å². The van der Waals surface area contributed by atoms with E-state index in [4.69, 9.17) is 10.7 Å². The largest absolute Gasteiger partial charge is 0.384 e. The fourth-order valence-electron chi connectivity index (χ4n) is 5.98. The average molecular weight is 516 g/mol. The summed E-state index contributed by atoms with van der Waals surface area (Å²) in [6.07, 6.45) is 7.90. The molecule has 0 aromatic carbocycles. The van der Waals surface area contributed by atoms with Crippen LogP contribution in [0.1, 0.15) is 84.6 Å². The van der Waals surface area contributed by atoms with E-state index in [1.165, 1.54) is 17.6 Å². The lowest BCUT2D eigenvalue weighted by atomic mass is 9.85. The zero-order valence-corrected chi connectivity index (χ0v) is 21.4. The minimum absolute atomic E-state index is 0.0185. The zero-order valence-electron chi connectivity index (χ0n) is 21.4. The lowest BCUT2D eigenvalue weighted by molar-refractivity contribution is 0.0562. The quantitative estimate of drug-likeness (QED) is 0.338. The highest BCUT2D eigenvalue weighted by Crippen LogP contribution is 2.45. The lowest BCUT2D eigenvalue weighted by Crippen LogP contribution is -2.46. The van der Waals surface area contributed by atoms with Crippen molar-refractivity contribution in [1.82, 2.24) is 39.9 Å². The first-order valence-corrected chi connectivity index (χ1v) is 12.7. The number of hydrogen-bond donors (Lipinski definition) is 3. The van der Waals surface area contributed by atoms with Crippen molar-refractivity contribution in [1.29, 1.82) is 0 Å². The molecule has 6 rings (SSSR count). The highest BCUT2D eigenvalue weighted by atomic mass is 16.3. The molecule has 3 atom stereocenters. The Labute approximate surface area is 218 Å². The first-order chi connectivity index (χ1) is 18.1. The fraction of sp³-hybridized carbons (Fsp3) is 0.423. The maximum absolute atomic E-state index is 13.1. The van der Waals surface area contributed by atoms with E-state index in [1.807, 2.05) is 11.0 Å². The van der Waals surface area contributed by atoms with Gasteiger partial charge in [-0.1, -0.05) is 6.07 Å². The van der Waals surface area contributed by atoms with Crippen molar-refractivity contribution in [3.8, 4) is 11.1 Å². The second kappa shape index (κ2) is 8.69. The van der Waals surface area contributed by atoms with Gasteiger partial charge in [0.05, 0.1) is 29.3 Å². The molecule has 2 aliphatic heterocycles. The van der Waals surface area contributed by atoms with Crippen LogP contribution >= 0.6 is 0 Å². The number of pyridine rings is 1. The van der Waals surface area contributed by atoms with E-state index in [0.29, 0.717) is 41.1 Å². The summed E-state index contributed by atoms with van der Waals surface area (Å²) >= 11 is 0. The first-order valence-electron chi connectivity index (χ1n) is 12.7. The molecule has 196 valence electrons. The van der Waals surface area contributed by atoms with Gasteiger partial charge in [-0.3, -0.25) is 14.6 Å². The predicted octanol–water partition coefficient (Wildman–Crippen LogP) is 2.47. The number of piperidine rings is 1. The number of fused-ring (bicyclic) bond motifs is 3. The molecular weight excluding hydrogens is 486 g/mol. The van der Waals surface area contributed by atoms with Crippen molar-refractivity contribution in [2.75, 3.05) is 5.73 Å². The van der Waals surface area contributed by atoms with Crippen LogP contribution in [0.15, 0.2) is 30.7 Å². The number of carbonyl (C=O) groups excluding carboxylic acids is 2. The van der Waals surface area contributed by atoms with E-state index in [2.05, 4.69) is 25.5 Å². The van der Waals surface area contributed by atoms with E-state index in [1.54, 1.807) is 32.3 Å². The number of nitrogen functional groups attached to an aromatic ring is 1. The van der Waals surface area contributed by atoms with Crippen LogP contribution in [0.4, 0.5) is 5.82 Å². The van der Waals surface area contributed by atoms with Gasteiger partial charge >= 0.3 is 0 Å². The lowest BCUT2D eigenvalue weighted by Gasteiger charge is -2.38. The van der Waals surface area contributed by atoms with Crippen molar-refractivity contribution >= 4 is 23.2 Å². The van der Waals surface area contributed by atoms with Gasteiger partial charge in [-0.05, 0) is 52.5 Å². The number of ketones is 1. The summed E-state index contributed by atoms with van der Waals surface area (Å²) in [7, 11) is 0. The fourth-order valence-corrected chi connectivity index (χ4v) is 5.98. The molecule has 2 bridgehead atoms. The van der Waals surface area contributed by atoms with Gasteiger partial charge in [0, 0.05) is 35.3 Å². The third-order valence-electron chi connectivity index (χ3n) is 7.75. The number of aliphatic hydroxyl groups is 1. The first kappa shape index (κ1) is 24.2. The molecule has 1 unspecified atom stereocenters. The summed E-state index contributed by atoms with van der Waals surface area (Å²) in [6.45, 7) is 4.85. The third-order valence-corrected chi connectivity index (χ3v) is 7.75. The van der Waals surface area contributed by atoms with Gasteiger partial charge in [0.1, 0.15) is 11.4 Å². The van der Waals surface area contributed by atoms with Crippen LogP contribution < -0.4 is 5.73 Å². The van der Waals surface area contributed by atoms with E-state index >= 15 is 0 Å². The number of nitrogens with two attached hydrogens (primary N) is 1. The third kappa shape index (κ3) is 3.83. The molecule has 0 aliphatic carbocycles. The summed E-state index contributed by atoms with van der Waals surface area (Å²) in [6, 6.07) is 3.67. The highest BCUT2D eigenvalue weighted by Gasteiger charge is 2.45. The molecule has 2 fully saturated rings. The standard InChI is InChI=1S/C26H29N9O3/c1-13(36)21-22(15-8-16-5-6-17(9-15)34(16)25(37)19-12-29-33-32-19)31-24-18(11-30-35(24)23(21)27)14-4-7-20(28-10-14)26(2,3)38/h4,7,10-12,15-17,38H,5-6,8-9,27H2,1-3H3,(H,29,32,33)/t15?,16-,17+. The second-order valence-corrected chi connectivity index (χ2v) is 10.7. The topological polar surface area (TPSA) is 168 Å². The van der Waals surface area contributed by atoms with E-state index < -0.39 is 5.60 Å². The minimum Gasteiger partial charge on any atom is -0.384 e. The normalized spacial score (nSPS) is 21.3. The summed E-state index contributed by atoms with van der Waals surface area (Å²) in [5, 5.41) is 25.0. The Morgan fingerprint density at radius 2 is 1.87 bits per heavy atom. The van der Waals surface area contributed by atoms with Gasteiger partial charge < -0.3 is 15.7 Å². The average Bonchev–Trinajstić information content (AvgIpc) is 3.61. The van der Waals surface area contributed by atoms with Gasteiger partial charge in [0.15, 0.2) is 17.1 Å². The molecule has 6 heterocycles. The van der Waals surface area contributed by atoms with Gasteiger partial charge in [0.25, 0.3) is 5.91 Å². The molecule has 12 nitrogen and oxygen atoms in total. The number of amides is 1. The Morgan fingerprint density at radius 3 is 2.45 bits per heavy atom. The van der Waals surface area contributed by atoms with Gasteiger partial charge in [-0.15, -0.1) is 0 Å². The monoisotopic (exact) mass is 515 g/mol. The Morgan fingerprint density at radius 1 is 1.13 bits per heavy atom. The Bertz CT molecular complexity index is 1520. The Hall–Kier alpha value is -4.19. The SMILES string of the molecule is CC(=O)c1c(C2C[C@H]3CC[C@@H](C2)N3C(=O)c2cn[nH]n2)nc2c(-c3ccc(C(C)(C)O)nc3)cnn2c1N. The number of anilines is 1. The number of hydrogen-bond acceptors (Lipinski definition) is 9. The minimum atomic E-state index is -1.06. The maximum atomic E-state index is 13.1. The molecular formula is C26H29N9O3. The molecule has 38 heavy (non-hydrogen) atoms. The zero-order chi connectivity index (χ0) is 26.8. The van der Waals surface area contributed by atoms with Crippen molar-refractivity contribution in [2.24, 2.45) is 0 Å². The maximum Gasteiger partial charge on any atom is 0.276 e. The molecule has 0 spiro atoms. The van der Waals surface area contributed by atoms with E-state index in [-0.39, 0.29) is 35.5 Å². The molecule has 2 aliphatic rings. The Kier molecular flexibility index (Phi) is 5.53. The van der Waals surface area contributed by atoms with Gasteiger partial charge in [-0.25, -0.2) is 4.98 Å². The van der Waals surface area contributed by atoms with Crippen molar-refractivity contribution < 1.29 is 14.7 Å². The van der Waals surface area contributed by atoms with Gasteiger partial charge in [0.2, 0.25) is 0 Å². The number of carbonyl (C=O) groups is 2. The van der Waals surface area contributed by atoms with Crippen LogP contribution in [0.2, 0.25) is 0 Å². The van der Waals surface area contributed by atoms with Crippen molar-refractivity contribution in [2.45, 2.75) is 70.1 Å². The van der Waals surface area contributed by atoms with Crippen molar-refractivity contribution in [3.63, 3.8) is 0 Å².